The summed E-state index contributed by atoms with van der Waals surface area (Å²) in [5, 5.41) is 15.5. The van der Waals surface area contributed by atoms with Crippen LogP contribution in [0.25, 0.3) is 0 Å². The molecule has 2 aromatic carbocycles. The highest BCUT2D eigenvalue weighted by Gasteiger charge is 2.36. The Bertz CT molecular complexity index is 1110. The number of carbonyl (C=O) groups is 3. The molecule has 3 amide bonds. The number of aryl methyl sites for hydroxylation is 2. The third kappa shape index (κ3) is 9.93. The van der Waals surface area contributed by atoms with Gasteiger partial charge in [-0.15, -0.1) is 0 Å². The van der Waals surface area contributed by atoms with Crippen LogP contribution in [-0.2, 0) is 20.7 Å². The van der Waals surface area contributed by atoms with Crippen LogP contribution in [-0.4, -0.2) is 52.6 Å². The van der Waals surface area contributed by atoms with E-state index >= 15 is 0 Å². The van der Waals surface area contributed by atoms with Crippen LogP contribution >= 0.6 is 0 Å². The van der Waals surface area contributed by atoms with Gasteiger partial charge in [0.2, 0.25) is 11.8 Å². The van der Waals surface area contributed by atoms with Crippen molar-refractivity contribution in [3.8, 4) is 5.75 Å². The minimum absolute atomic E-state index is 0.103. The van der Waals surface area contributed by atoms with Crippen LogP contribution in [0.3, 0.4) is 0 Å². The number of nitrogens with one attached hydrogen (secondary N) is 2. The van der Waals surface area contributed by atoms with Gasteiger partial charge in [-0.1, -0.05) is 55.7 Å². The third-order valence-electron chi connectivity index (χ3n) is 6.35. The Morgan fingerprint density at radius 3 is 2.23 bits per heavy atom. The minimum Gasteiger partial charge on any atom is -0.508 e. The SMILES string of the molecule is CCCCCNC(=O)C(c1ccc(C)cc1C)N(CC)C(=O)C(Cc1ccc(O)cc1)NC(=O)OC(C)(C)C. The Kier molecular flexibility index (Phi) is 11.8. The summed E-state index contributed by atoms with van der Waals surface area (Å²) in [4.78, 5) is 42.1. The number of hydrogen-bond donors (Lipinski definition) is 3. The largest absolute Gasteiger partial charge is 0.508 e. The van der Waals surface area contributed by atoms with Crippen molar-refractivity contribution in [1.29, 1.82) is 0 Å². The predicted octanol–water partition coefficient (Wildman–Crippen LogP) is 5.34. The number of ether oxygens (including phenoxy) is 1. The van der Waals surface area contributed by atoms with Crippen LogP contribution in [0.2, 0.25) is 0 Å². The second-order valence-corrected chi connectivity index (χ2v) is 11.0. The standard InChI is InChI=1S/C31H45N3O5/c1-8-10-11-18-32-28(36)27(25-17-12-21(3)19-22(25)4)34(9-2)29(37)26(33-30(38)39-31(5,6)7)20-23-13-15-24(35)16-14-23/h12-17,19,26-27,35H,8-11,18,20H2,1-7H3,(H,32,36)(H,33,38). The fourth-order valence-corrected chi connectivity index (χ4v) is 4.45. The van der Waals surface area contributed by atoms with E-state index in [1.54, 1.807) is 32.9 Å². The van der Waals surface area contributed by atoms with Gasteiger partial charge in [-0.2, -0.15) is 0 Å². The maximum absolute atomic E-state index is 14.1. The number of unbranched alkanes of at least 4 members (excludes halogenated alkanes) is 2. The van der Waals surface area contributed by atoms with E-state index in [-0.39, 0.29) is 24.6 Å². The topological polar surface area (TPSA) is 108 Å². The van der Waals surface area contributed by atoms with E-state index in [0.29, 0.717) is 6.54 Å². The summed E-state index contributed by atoms with van der Waals surface area (Å²) in [6.07, 6.45) is 2.32. The van der Waals surface area contributed by atoms with Crippen molar-refractivity contribution >= 4 is 17.9 Å². The lowest BCUT2D eigenvalue weighted by molar-refractivity contribution is -0.142. The van der Waals surface area contributed by atoms with Crippen LogP contribution in [0, 0.1) is 13.8 Å². The van der Waals surface area contributed by atoms with Crippen LogP contribution in [0.4, 0.5) is 4.79 Å². The zero-order valence-corrected chi connectivity index (χ0v) is 24.5. The smallest absolute Gasteiger partial charge is 0.408 e. The second kappa shape index (κ2) is 14.6. The van der Waals surface area contributed by atoms with Crippen molar-refractivity contribution in [1.82, 2.24) is 15.5 Å². The molecule has 8 nitrogen and oxygen atoms in total. The fourth-order valence-electron chi connectivity index (χ4n) is 4.45. The van der Waals surface area contributed by atoms with Crippen LogP contribution in [0.1, 0.15) is 82.2 Å². The lowest BCUT2D eigenvalue weighted by Gasteiger charge is -2.34. The highest BCUT2D eigenvalue weighted by atomic mass is 16.6. The number of carbonyl (C=O) groups excluding carboxylic acids is 3. The third-order valence-corrected chi connectivity index (χ3v) is 6.35. The monoisotopic (exact) mass is 539 g/mol. The first-order valence-electron chi connectivity index (χ1n) is 13.8. The number of hydrogen-bond acceptors (Lipinski definition) is 5. The minimum atomic E-state index is -0.995. The van der Waals surface area contributed by atoms with E-state index in [0.717, 1.165) is 41.5 Å². The van der Waals surface area contributed by atoms with E-state index in [1.807, 2.05) is 39.0 Å². The Morgan fingerprint density at radius 2 is 1.67 bits per heavy atom. The van der Waals surface area contributed by atoms with Gasteiger partial charge in [0.25, 0.3) is 0 Å². The molecular weight excluding hydrogens is 494 g/mol. The van der Waals surface area contributed by atoms with Gasteiger partial charge in [-0.05, 0) is 76.8 Å². The average Bonchev–Trinajstić information content (AvgIpc) is 2.85. The van der Waals surface area contributed by atoms with Gasteiger partial charge < -0.3 is 25.4 Å². The van der Waals surface area contributed by atoms with Crippen molar-refractivity contribution in [2.75, 3.05) is 13.1 Å². The Morgan fingerprint density at radius 1 is 1.00 bits per heavy atom. The number of phenolic OH excluding ortho intramolecular Hbond substituents is 1. The molecule has 2 rings (SSSR count). The number of aromatic hydroxyl groups is 1. The molecule has 0 bridgehead atoms. The molecule has 3 N–H and O–H groups in total. The second-order valence-electron chi connectivity index (χ2n) is 11.0. The molecule has 2 atom stereocenters. The van der Waals surface area contributed by atoms with Gasteiger partial charge in [0.05, 0.1) is 0 Å². The van der Waals surface area contributed by atoms with E-state index in [9.17, 15) is 19.5 Å². The van der Waals surface area contributed by atoms with Gasteiger partial charge in [0, 0.05) is 19.5 Å². The molecule has 0 aliphatic heterocycles. The van der Waals surface area contributed by atoms with Gasteiger partial charge >= 0.3 is 6.09 Å². The molecule has 8 heteroatoms. The molecule has 0 saturated heterocycles. The number of benzene rings is 2. The van der Waals surface area contributed by atoms with E-state index in [1.165, 1.54) is 17.0 Å². The Hall–Kier alpha value is -3.55. The summed E-state index contributed by atoms with van der Waals surface area (Å²) in [5.41, 5.74) is 2.70. The number of amides is 3. The average molecular weight is 540 g/mol. The predicted molar refractivity (Wildman–Crippen MR) is 154 cm³/mol. The Labute approximate surface area is 233 Å². The molecule has 0 aromatic heterocycles. The maximum Gasteiger partial charge on any atom is 0.408 e. The summed E-state index contributed by atoms with van der Waals surface area (Å²) >= 11 is 0. The van der Waals surface area contributed by atoms with Gasteiger partial charge in [0.15, 0.2) is 0 Å². The Balaban J connectivity index is 2.47. The van der Waals surface area contributed by atoms with Crippen molar-refractivity contribution in [2.45, 2.75) is 91.8 Å². The summed E-state index contributed by atoms with van der Waals surface area (Å²) < 4.78 is 5.45. The normalized spacial score (nSPS) is 12.8. The van der Waals surface area contributed by atoms with E-state index < -0.39 is 29.7 Å². The molecule has 2 unspecified atom stereocenters. The number of likely N-dealkylation sites (N-methyl/N-ethyl adjacent to an activating group) is 1. The lowest BCUT2D eigenvalue weighted by atomic mass is 9.95. The highest BCUT2D eigenvalue weighted by Crippen LogP contribution is 2.27. The van der Waals surface area contributed by atoms with Crippen molar-refractivity contribution in [3.63, 3.8) is 0 Å². The fraction of sp³-hybridized carbons (Fsp3) is 0.516. The molecule has 0 saturated carbocycles. The van der Waals surface area contributed by atoms with Crippen LogP contribution in [0.15, 0.2) is 42.5 Å². The maximum atomic E-state index is 14.1. The zero-order valence-electron chi connectivity index (χ0n) is 24.5. The molecule has 2 aromatic rings. The summed E-state index contributed by atoms with van der Waals surface area (Å²) in [5.74, 6) is -0.550. The quantitative estimate of drug-likeness (QED) is 0.316. The summed E-state index contributed by atoms with van der Waals surface area (Å²) in [7, 11) is 0. The number of phenols is 1. The molecule has 0 radical (unpaired) electrons. The van der Waals surface area contributed by atoms with Gasteiger partial charge in [0.1, 0.15) is 23.4 Å². The first-order chi connectivity index (χ1) is 18.4. The first kappa shape index (κ1) is 31.7. The number of alkyl carbamates (subject to hydrolysis) is 1. The molecular formula is C31H45N3O5. The number of rotatable bonds is 12. The van der Waals surface area contributed by atoms with Crippen molar-refractivity contribution < 1.29 is 24.2 Å². The van der Waals surface area contributed by atoms with Gasteiger partial charge in [-0.3, -0.25) is 9.59 Å². The molecule has 0 heterocycles. The lowest BCUT2D eigenvalue weighted by Crippen LogP contribution is -2.54. The molecule has 0 aliphatic rings. The van der Waals surface area contributed by atoms with E-state index in [4.69, 9.17) is 4.74 Å². The van der Waals surface area contributed by atoms with E-state index in [2.05, 4.69) is 17.6 Å². The zero-order chi connectivity index (χ0) is 29.2. The van der Waals surface area contributed by atoms with Crippen molar-refractivity contribution in [3.05, 3.63) is 64.7 Å². The summed E-state index contributed by atoms with van der Waals surface area (Å²) in [6.45, 7) is 13.9. The molecule has 214 valence electrons. The first-order valence-corrected chi connectivity index (χ1v) is 13.8. The molecule has 0 aliphatic carbocycles. The molecule has 0 spiro atoms. The summed E-state index contributed by atoms with van der Waals surface area (Å²) in [6, 6.07) is 10.4. The van der Waals surface area contributed by atoms with Crippen LogP contribution in [0.5, 0.6) is 5.75 Å². The number of nitrogens with zero attached hydrogens (tertiary/aromatic N) is 1. The van der Waals surface area contributed by atoms with Crippen LogP contribution < -0.4 is 10.6 Å². The molecule has 0 fully saturated rings. The van der Waals surface area contributed by atoms with Gasteiger partial charge in [-0.25, -0.2) is 4.79 Å². The molecule has 39 heavy (non-hydrogen) atoms. The van der Waals surface area contributed by atoms with Crippen molar-refractivity contribution in [2.24, 2.45) is 0 Å². The highest BCUT2D eigenvalue weighted by molar-refractivity contribution is 5.92.